The van der Waals surface area contributed by atoms with Crippen LogP contribution in [0.5, 0.6) is 0 Å². The van der Waals surface area contributed by atoms with Gasteiger partial charge in [0, 0.05) is 0 Å². The molecule has 98 valence electrons. The van der Waals surface area contributed by atoms with E-state index < -0.39 is 0 Å². The van der Waals surface area contributed by atoms with E-state index >= 15 is 0 Å². The van der Waals surface area contributed by atoms with Gasteiger partial charge in [-0.15, -0.1) is 0 Å². The van der Waals surface area contributed by atoms with Crippen LogP contribution in [0.2, 0.25) is 0 Å². The lowest BCUT2D eigenvalue weighted by atomic mass is 9.60. The average molecular weight is 254 g/mol. The lowest BCUT2D eigenvalue weighted by Crippen LogP contribution is -2.33. The molecule has 0 nitrogen and oxygen atoms in total. The van der Waals surface area contributed by atoms with Gasteiger partial charge in [-0.05, 0) is 59.8 Å². The largest absolute Gasteiger partial charge is 0.207 e. The fourth-order valence-corrected chi connectivity index (χ4v) is 4.57. The summed E-state index contributed by atoms with van der Waals surface area (Å²) in [6.45, 7) is 2.26. The van der Waals surface area contributed by atoms with Gasteiger partial charge >= 0.3 is 0 Å². The zero-order chi connectivity index (χ0) is 13.0. The summed E-state index contributed by atoms with van der Waals surface area (Å²) in [5.41, 5.74) is 4.46. The van der Waals surface area contributed by atoms with E-state index in [1.54, 1.807) is 23.3 Å². The molecule has 1 aromatic carbocycles. The fourth-order valence-electron chi connectivity index (χ4n) is 4.57. The van der Waals surface area contributed by atoms with E-state index in [1.165, 1.54) is 24.8 Å². The molecule has 2 bridgehead atoms. The number of benzene rings is 1. The Morgan fingerprint density at radius 2 is 1.74 bits per heavy atom. The van der Waals surface area contributed by atoms with E-state index in [1.807, 2.05) is 12.1 Å². The molecule has 1 aromatic rings. The third kappa shape index (κ3) is 1.51. The highest BCUT2D eigenvalue weighted by atomic mass is 19.1. The first-order chi connectivity index (χ1) is 9.29. The SMILES string of the molecule is CCCC1=C(c2ccc(F)cc2)C2C3C=CC(C3)C12. The van der Waals surface area contributed by atoms with Crippen molar-refractivity contribution in [1.82, 2.24) is 0 Å². The van der Waals surface area contributed by atoms with Gasteiger partial charge in [0.15, 0.2) is 0 Å². The van der Waals surface area contributed by atoms with Crippen LogP contribution < -0.4 is 0 Å². The normalized spacial score (nSPS) is 34.6. The quantitative estimate of drug-likeness (QED) is 0.678. The van der Waals surface area contributed by atoms with Crippen LogP contribution in [-0.2, 0) is 0 Å². The maximum Gasteiger partial charge on any atom is 0.123 e. The maximum absolute atomic E-state index is 13.1. The van der Waals surface area contributed by atoms with Crippen molar-refractivity contribution in [1.29, 1.82) is 0 Å². The molecule has 0 saturated heterocycles. The van der Waals surface area contributed by atoms with Crippen molar-refractivity contribution in [2.45, 2.75) is 26.2 Å². The smallest absolute Gasteiger partial charge is 0.123 e. The number of hydrogen-bond acceptors (Lipinski definition) is 0. The van der Waals surface area contributed by atoms with Crippen LogP contribution in [-0.4, -0.2) is 0 Å². The van der Waals surface area contributed by atoms with Crippen LogP contribution >= 0.6 is 0 Å². The molecule has 0 aliphatic heterocycles. The van der Waals surface area contributed by atoms with E-state index in [9.17, 15) is 4.39 Å². The first-order valence-corrected chi connectivity index (χ1v) is 7.46. The van der Waals surface area contributed by atoms with Crippen molar-refractivity contribution in [3.8, 4) is 0 Å². The Hall–Kier alpha value is -1.37. The third-order valence-electron chi connectivity index (χ3n) is 5.22. The van der Waals surface area contributed by atoms with Gasteiger partial charge in [0.05, 0.1) is 0 Å². The van der Waals surface area contributed by atoms with Crippen LogP contribution in [0, 0.1) is 29.5 Å². The molecule has 4 unspecified atom stereocenters. The minimum atomic E-state index is -0.134. The lowest BCUT2D eigenvalue weighted by Gasteiger charge is -2.44. The molecule has 0 heterocycles. The average Bonchev–Trinajstić information content (AvgIpc) is 2.96. The Labute approximate surface area is 114 Å². The van der Waals surface area contributed by atoms with Crippen molar-refractivity contribution in [3.05, 3.63) is 53.4 Å². The highest BCUT2D eigenvalue weighted by molar-refractivity contribution is 5.79. The van der Waals surface area contributed by atoms with Crippen LogP contribution in [0.1, 0.15) is 31.7 Å². The molecular weight excluding hydrogens is 235 g/mol. The summed E-state index contributed by atoms with van der Waals surface area (Å²) in [5.74, 6) is 2.93. The second kappa shape index (κ2) is 4.06. The predicted molar refractivity (Wildman–Crippen MR) is 75.9 cm³/mol. The molecule has 1 heteroatoms. The monoisotopic (exact) mass is 254 g/mol. The third-order valence-corrected chi connectivity index (χ3v) is 5.22. The van der Waals surface area contributed by atoms with E-state index in [4.69, 9.17) is 0 Å². The molecule has 0 N–H and O–H groups in total. The fraction of sp³-hybridized carbons (Fsp3) is 0.444. The van der Waals surface area contributed by atoms with Gasteiger partial charge in [-0.2, -0.15) is 0 Å². The summed E-state index contributed by atoms with van der Waals surface area (Å²) in [7, 11) is 0. The Morgan fingerprint density at radius 1 is 1.05 bits per heavy atom. The molecular formula is C18H19F. The second-order valence-electron chi connectivity index (χ2n) is 6.20. The highest BCUT2D eigenvalue weighted by Gasteiger charge is 2.54. The zero-order valence-electron chi connectivity index (χ0n) is 11.3. The standard InChI is InChI=1S/C18H19F/c1-2-3-15-16(11-6-8-14(19)9-7-11)18-13-5-4-12(10-13)17(15)18/h4-9,12-13,17-18H,2-3,10H2,1H3. The molecule has 3 aliphatic rings. The molecule has 19 heavy (non-hydrogen) atoms. The maximum atomic E-state index is 13.1. The Balaban J connectivity index is 1.76. The van der Waals surface area contributed by atoms with E-state index in [0.29, 0.717) is 0 Å². The first kappa shape index (κ1) is 11.5. The molecule has 4 atom stereocenters. The van der Waals surface area contributed by atoms with Crippen LogP contribution in [0.15, 0.2) is 42.0 Å². The number of allylic oxidation sites excluding steroid dienone is 4. The van der Waals surface area contributed by atoms with Gasteiger partial charge in [0.25, 0.3) is 0 Å². The summed E-state index contributed by atoms with van der Waals surface area (Å²) in [4.78, 5) is 0. The molecule has 1 saturated carbocycles. The molecule has 0 aromatic heterocycles. The molecule has 4 rings (SSSR count). The predicted octanol–water partition coefficient (Wildman–Crippen LogP) is 4.83. The van der Waals surface area contributed by atoms with Crippen molar-refractivity contribution in [3.63, 3.8) is 0 Å². The minimum Gasteiger partial charge on any atom is -0.207 e. The molecule has 1 fully saturated rings. The summed E-state index contributed by atoms with van der Waals surface area (Å²) in [6, 6.07) is 7.13. The molecule has 3 aliphatic carbocycles. The Kier molecular flexibility index (Phi) is 2.45. The summed E-state index contributed by atoms with van der Waals surface area (Å²) in [6.07, 6.45) is 8.61. The zero-order valence-corrected chi connectivity index (χ0v) is 11.3. The topological polar surface area (TPSA) is 0 Å². The molecule has 0 spiro atoms. The minimum absolute atomic E-state index is 0.134. The van der Waals surface area contributed by atoms with Crippen molar-refractivity contribution < 1.29 is 4.39 Å². The number of hydrogen-bond donors (Lipinski definition) is 0. The van der Waals surface area contributed by atoms with Crippen molar-refractivity contribution in [2.24, 2.45) is 23.7 Å². The summed E-state index contributed by atoms with van der Waals surface area (Å²) < 4.78 is 13.1. The number of rotatable bonds is 3. The number of fused-ring (bicyclic) bond motifs is 5. The van der Waals surface area contributed by atoms with Gasteiger partial charge in [0.2, 0.25) is 0 Å². The van der Waals surface area contributed by atoms with Gasteiger partial charge < -0.3 is 0 Å². The Bertz CT molecular complexity index is 564. The lowest BCUT2D eigenvalue weighted by molar-refractivity contribution is 0.376. The van der Waals surface area contributed by atoms with Crippen molar-refractivity contribution >= 4 is 5.57 Å². The highest BCUT2D eigenvalue weighted by Crippen LogP contribution is 2.64. The Morgan fingerprint density at radius 3 is 2.42 bits per heavy atom. The van der Waals surface area contributed by atoms with E-state index in [2.05, 4.69) is 19.1 Å². The van der Waals surface area contributed by atoms with E-state index in [0.717, 1.165) is 23.7 Å². The van der Waals surface area contributed by atoms with Gasteiger partial charge in [-0.25, -0.2) is 4.39 Å². The second-order valence-corrected chi connectivity index (χ2v) is 6.20. The van der Waals surface area contributed by atoms with Crippen molar-refractivity contribution in [2.75, 3.05) is 0 Å². The van der Waals surface area contributed by atoms with Crippen LogP contribution in [0.3, 0.4) is 0 Å². The van der Waals surface area contributed by atoms with Gasteiger partial charge in [-0.1, -0.05) is 43.2 Å². The van der Waals surface area contributed by atoms with Gasteiger partial charge in [-0.3, -0.25) is 0 Å². The van der Waals surface area contributed by atoms with Crippen LogP contribution in [0.25, 0.3) is 5.57 Å². The number of halogens is 1. The summed E-state index contributed by atoms with van der Waals surface area (Å²) >= 11 is 0. The molecule has 0 radical (unpaired) electrons. The molecule has 0 amide bonds. The van der Waals surface area contributed by atoms with Gasteiger partial charge in [0.1, 0.15) is 5.82 Å². The van der Waals surface area contributed by atoms with E-state index in [-0.39, 0.29) is 5.82 Å². The summed E-state index contributed by atoms with van der Waals surface area (Å²) in [5, 5.41) is 0. The first-order valence-electron chi connectivity index (χ1n) is 7.46. The van der Waals surface area contributed by atoms with Crippen LogP contribution in [0.4, 0.5) is 4.39 Å².